The van der Waals surface area contributed by atoms with E-state index in [1.807, 2.05) is 37.3 Å². The molecule has 0 saturated heterocycles. The third-order valence-electron chi connectivity index (χ3n) is 7.16. The zero-order chi connectivity index (χ0) is 24.6. The summed E-state index contributed by atoms with van der Waals surface area (Å²) in [6.07, 6.45) is 8.11. The Labute approximate surface area is 208 Å². The second kappa shape index (κ2) is 12.2. The van der Waals surface area contributed by atoms with Gasteiger partial charge in [-0.05, 0) is 82.0 Å². The lowest BCUT2D eigenvalue weighted by Crippen LogP contribution is -2.45. The number of carbonyl (C=O) groups is 2. The molecule has 1 saturated carbocycles. The van der Waals surface area contributed by atoms with Gasteiger partial charge >= 0.3 is 5.97 Å². The predicted octanol–water partition coefficient (Wildman–Crippen LogP) is 3.99. The van der Waals surface area contributed by atoms with Gasteiger partial charge in [0.2, 0.25) is 5.91 Å². The molecule has 1 aliphatic heterocycles. The smallest absolute Gasteiger partial charge is 0.326 e. The standard InChI is InChI=1S/C28H38N4O3/c1-20(21-8-3-2-4-9-21)27(33)31-25(28(34)35)16-19-32(24-14-15-24)18-6-5-11-23-13-12-22-10-7-17-29-26(22)30-23/h2-4,8-9,12-13,20,24-25H,5-7,10-11,14-19H2,1H3,(H,29,30)(H,31,33)(H,34,35)/t20-,25-/m0/s1. The number of aromatic nitrogens is 1. The van der Waals surface area contributed by atoms with Crippen molar-refractivity contribution in [3.05, 3.63) is 59.3 Å². The Morgan fingerprint density at radius 3 is 2.69 bits per heavy atom. The van der Waals surface area contributed by atoms with Gasteiger partial charge in [-0.25, -0.2) is 9.78 Å². The van der Waals surface area contributed by atoms with Gasteiger partial charge in [-0.1, -0.05) is 36.4 Å². The molecule has 2 aromatic rings. The van der Waals surface area contributed by atoms with E-state index >= 15 is 0 Å². The molecule has 1 amide bonds. The fourth-order valence-corrected chi connectivity index (χ4v) is 4.79. The molecule has 2 aliphatic rings. The first-order chi connectivity index (χ1) is 17.0. The van der Waals surface area contributed by atoms with Crippen LogP contribution in [-0.4, -0.2) is 58.6 Å². The molecule has 1 aliphatic carbocycles. The van der Waals surface area contributed by atoms with Gasteiger partial charge in [-0.15, -0.1) is 0 Å². The third kappa shape index (κ3) is 7.28. The Morgan fingerprint density at radius 1 is 1.14 bits per heavy atom. The summed E-state index contributed by atoms with van der Waals surface area (Å²) < 4.78 is 0. The summed E-state index contributed by atoms with van der Waals surface area (Å²) in [7, 11) is 0. The Bertz CT molecular complexity index is 993. The maximum atomic E-state index is 12.7. The first-order valence-corrected chi connectivity index (χ1v) is 13.1. The lowest BCUT2D eigenvalue weighted by molar-refractivity contribution is -0.142. The minimum absolute atomic E-state index is 0.242. The van der Waals surface area contributed by atoms with Gasteiger partial charge < -0.3 is 20.6 Å². The summed E-state index contributed by atoms with van der Waals surface area (Å²) >= 11 is 0. The van der Waals surface area contributed by atoms with Crippen molar-refractivity contribution in [2.45, 2.75) is 76.3 Å². The second-order valence-electron chi connectivity index (χ2n) is 9.89. The highest BCUT2D eigenvalue weighted by atomic mass is 16.4. The Kier molecular flexibility index (Phi) is 8.74. The van der Waals surface area contributed by atoms with Crippen molar-refractivity contribution in [2.24, 2.45) is 0 Å². The number of benzene rings is 1. The van der Waals surface area contributed by atoms with Crippen LogP contribution in [0.25, 0.3) is 0 Å². The zero-order valence-electron chi connectivity index (χ0n) is 20.7. The number of anilines is 1. The summed E-state index contributed by atoms with van der Waals surface area (Å²) in [6.45, 7) is 4.45. The number of hydrogen-bond donors (Lipinski definition) is 3. The fraction of sp³-hybridized carbons (Fsp3) is 0.536. The minimum atomic E-state index is -0.971. The molecule has 0 unspecified atom stereocenters. The van der Waals surface area contributed by atoms with E-state index in [9.17, 15) is 14.7 Å². The molecule has 7 heteroatoms. The van der Waals surface area contributed by atoms with Crippen molar-refractivity contribution in [2.75, 3.05) is 25.0 Å². The lowest BCUT2D eigenvalue weighted by atomic mass is 10.00. The molecule has 4 rings (SSSR count). The third-order valence-corrected chi connectivity index (χ3v) is 7.16. The van der Waals surface area contributed by atoms with Gasteiger partial charge in [0, 0.05) is 24.8 Å². The summed E-state index contributed by atoms with van der Waals surface area (Å²) in [5.41, 5.74) is 3.34. The number of unbranched alkanes of at least 4 members (excludes halogenated alkanes) is 1. The van der Waals surface area contributed by atoms with E-state index in [1.54, 1.807) is 0 Å². The van der Waals surface area contributed by atoms with E-state index in [0.29, 0.717) is 19.0 Å². The molecule has 1 aromatic heterocycles. The van der Waals surface area contributed by atoms with Crippen LogP contribution in [0.15, 0.2) is 42.5 Å². The highest BCUT2D eigenvalue weighted by Gasteiger charge is 2.30. The molecule has 2 atom stereocenters. The maximum Gasteiger partial charge on any atom is 0.326 e. The van der Waals surface area contributed by atoms with Gasteiger partial charge in [0.15, 0.2) is 0 Å². The SMILES string of the molecule is C[C@H](C(=O)N[C@@H](CCN(CCCCc1ccc2c(n1)NCCC2)C1CC1)C(=O)O)c1ccccc1. The molecule has 0 radical (unpaired) electrons. The Morgan fingerprint density at radius 2 is 1.94 bits per heavy atom. The van der Waals surface area contributed by atoms with Crippen LogP contribution in [0.3, 0.4) is 0 Å². The number of carboxylic acid groups (broad SMARTS) is 1. The average molecular weight is 479 g/mol. The molecule has 35 heavy (non-hydrogen) atoms. The molecule has 188 valence electrons. The Hall–Kier alpha value is -2.93. The highest BCUT2D eigenvalue weighted by molar-refractivity contribution is 5.87. The first-order valence-electron chi connectivity index (χ1n) is 13.1. The number of carbonyl (C=O) groups excluding carboxylic acids is 1. The second-order valence-corrected chi connectivity index (χ2v) is 9.89. The molecular weight excluding hydrogens is 440 g/mol. The maximum absolute atomic E-state index is 12.7. The summed E-state index contributed by atoms with van der Waals surface area (Å²) in [4.78, 5) is 31.7. The monoisotopic (exact) mass is 478 g/mol. The minimum Gasteiger partial charge on any atom is -0.480 e. The van der Waals surface area contributed by atoms with E-state index in [4.69, 9.17) is 4.98 Å². The van der Waals surface area contributed by atoms with Gasteiger partial charge in [-0.3, -0.25) is 4.79 Å². The van der Waals surface area contributed by atoms with E-state index < -0.39 is 12.0 Å². The molecule has 3 N–H and O–H groups in total. The lowest BCUT2D eigenvalue weighted by Gasteiger charge is -2.25. The van der Waals surface area contributed by atoms with Gasteiger partial charge in [0.1, 0.15) is 11.9 Å². The van der Waals surface area contributed by atoms with Crippen molar-refractivity contribution in [3.63, 3.8) is 0 Å². The van der Waals surface area contributed by atoms with E-state index in [1.165, 1.54) is 24.8 Å². The van der Waals surface area contributed by atoms with Crippen molar-refractivity contribution in [1.29, 1.82) is 0 Å². The molecule has 2 heterocycles. The number of nitrogens with one attached hydrogen (secondary N) is 2. The van der Waals surface area contributed by atoms with Crippen molar-refractivity contribution in [1.82, 2.24) is 15.2 Å². The van der Waals surface area contributed by atoms with Gasteiger partial charge in [0.05, 0.1) is 5.92 Å². The van der Waals surface area contributed by atoms with Crippen LogP contribution in [0, 0.1) is 0 Å². The number of rotatable bonds is 13. The van der Waals surface area contributed by atoms with Gasteiger partial charge in [0.25, 0.3) is 0 Å². The van der Waals surface area contributed by atoms with Crippen LogP contribution in [0.5, 0.6) is 0 Å². The van der Waals surface area contributed by atoms with Gasteiger partial charge in [-0.2, -0.15) is 0 Å². The van der Waals surface area contributed by atoms with Crippen molar-refractivity contribution >= 4 is 17.7 Å². The normalized spacial score (nSPS) is 16.7. The predicted molar refractivity (Wildman–Crippen MR) is 138 cm³/mol. The highest BCUT2D eigenvalue weighted by Crippen LogP contribution is 2.28. The van der Waals surface area contributed by atoms with E-state index in [2.05, 4.69) is 27.7 Å². The first kappa shape index (κ1) is 25.2. The van der Waals surface area contributed by atoms with Crippen molar-refractivity contribution < 1.29 is 14.7 Å². The summed E-state index contributed by atoms with van der Waals surface area (Å²) in [5, 5.41) is 15.9. The fourth-order valence-electron chi connectivity index (χ4n) is 4.79. The molecule has 1 aromatic carbocycles. The Balaban J connectivity index is 1.23. The number of aliphatic carboxylic acids is 1. The summed E-state index contributed by atoms with van der Waals surface area (Å²) in [5.74, 6) is -0.545. The van der Waals surface area contributed by atoms with Crippen LogP contribution in [0.1, 0.15) is 68.2 Å². The molecule has 0 spiro atoms. The van der Waals surface area contributed by atoms with Crippen LogP contribution in [0.4, 0.5) is 5.82 Å². The van der Waals surface area contributed by atoms with Crippen LogP contribution >= 0.6 is 0 Å². The number of pyridine rings is 1. The van der Waals surface area contributed by atoms with E-state index in [0.717, 1.165) is 55.8 Å². The summed E-state index contributed by atoms with van der Waals surface area (Å²) in [6, 6.07) is 13.5. The number of amides is 1. The van der Waals surface area contributed by atoms with E-state index in [-0.39, 0.29) is 11.8 Å². The number of carboxylic acids is 1. The zero-order valence-corrected chi connectivity index (χ0v) is 20.7. The molecular formula is C28H38N4O3. The molecule has 1 fully saturated rings. The van der Waals surface area contributed by atoms with Crippen LogP contribution in [-0.2, 0) is 22.4 Å². The topological polar surface area (TPSA) is 94.6 Å². The number of hydrogen-bond acceptors (Lipinski definition) is 5. The number of fused-ring (bicyclic) bond motifs is 1. The molecule has 0 bridgehead atoms. The number of aryl methyl sites for hydroxylation is 2. The van der Waals surface area contributed by atoms with Crippen LogP contribution in [0.2, 0.25) is 0 Å². The molecule has 7 nitrogen and oxygen atoms in total. The van der Waals surface area contributed by atoms with Crippen LogP contribution < -0.4 is 10.6 Å². The quantitative estimate of drug-likeness (QED) is 0.377. The average Bonchev–Trinajstić information content (AvgIpc) is 3.72. The van der Waals surface area contributed by atoms with Crippen molar-refractivity contribution in [3.8, 4) is 0 Å². The largest absolute Gasteiger partial charge is 0.480 e. The number of nitrogens with zero attached hydrogens (tertiary/aromatic N) is 2.